The predicted octanol–water partition coefficient (Wildman–Crippen LogP) is 1.09. The van der Waals surface area contributed by atoms with Crippen LogP contribution in [0.1, 0.15) is 5.56 Å². The van der Waals surface area contributed by atoms with Crippen LogP contribution in [-0.2, 0) is 6.42 Å². The maximum Gasteiger partial charge on any atom is 0.488 e. The maximum absolute atomic E-state index is 9.01. The van der Waals surface area contributed by atoms with Crippen molar-refractivity contribution in [3.05, 3.63) is 48.0 Å². The number of benzene rings is 2. The number of rotatable bonds is 3. The topological polar surface area (TPSA) is 58.9 Å². The molecule has 1 heterocycles. The summed E-state index contributed by atoms with van der Waals surface area (Å²) >= 11 is 0. The zero-order valence-corrected chi connectivity index (χ0v) is 10.2. The summed E-state index contributed by atoms with van der Waals surface area (Å²) in [5, 5.41) is 18.0. The highest BCUT2D eigenvalue weighted by Crippen LogP contribution is 2.30. The summed E-state index contributed by atoms with van der Waals surface area (Å²) < 4.78 is 11.2. The van der Waals surface area contributed by atoms with E-state index in [9.17, 15) is 0 Å². The second-order valence-corrected chi connectivity index (χ2v) is 4.41. The van der Waals surface area contributed by atoms with Crippen LogP contribution in [0, 0.1) is 0 Å². The molecular weight excluding hydrogens is 243 g/mol. The monoisotopic (exact) mass is 256 g/mol. The van der Waals surface area contributed by atoms with Gasteiger partial charge < -0.3 is 19.5 Å². The van der Waals surface area contributed by atoms with Gasteiger partial charge in [-0.25, -0.2) is 0 Å². The molecule has 4 nitrogen and oxygen atoms in total. The summed E-state index contributed by atoms with van der Waals surface area (Å²) in [6, 6.07) is 12.4. The van der Waals surface area contributed by atoms with Gasteiger partial charge in [-0.1, -0.05) is 12.1 Å². The Balaban J connectivity index is 1.77. The van der Waals surface area contributed by atoms with Crippen LogP contribution in [0.25, 0.3) is 0 Å². The normalized spacial score (nSPS) is 12.7. The highest BCUT2D eigenvalue weighted by Gasteiger charge is 2.13. The molecule has 1 aliphatic heterocycles. The highest BCUT2D eigenvalue weighted by atomic mass is 16.5. The Morgan fingerprint density at radius 1 is 1.00 bits per heavy atom. The van der Waals surface area contributed by atoms with Crippen LogP contribution in [0.2, 0.25) is 0 Å². The van der Waals surface area contributed by atoms with E-state index in [0.717, 1.165) is 30.1 Å². The van der Waals surface area contributed by atoms with Crippen molar-refractivity contribution in [2.45, 2.75) is 6.42 Å². The lowest BCUT2D eigenvalue weighted by Crippen LogP contribution is -2.29. The SMILES string of the molecule is OB(O)c1ccc(Oc2ccc3c(c2)CCO3)cc1. The molecule has 19 heavy (non-hydrogen) atoms. The largest absolute Gasteiger partial charge is 0.493 e. The maximum atomic E-state index is 9.01. The van der Waals surface area contributed by atoms with Crippen molar-refractivity contribution in [3.8, 4) is 17.2 Å². The number of hydrogen-bond donors (Lipinski definition) is 2. The molecule has 1 aliphatic rings. The van der Waals surface area contributed by atoms with Gasteiger partial charge in [-0.3, -0.25) is 0 Å². The lowest BCUT2D eigenvalue weighted by Gasteiger charge is -2.08. The lowest BCUT2D eigenvalue weighted by atomic mass is 9.80. The van der Waals surface area contributed by atoms with E-state index in [1.165, 1.54) is 0 Å². The fourth-order valence-electron chi connectivity index (χ4n) is 2.07. The first-order valence-corrected chi connectivity index (χ1v) is 6.12. The molecule has 0 fully saturated rings. The minimum Gasteiger partial charge on any atom is -0.493 e. The summed E-state index contributed by atoms with van der Waals surface area (Å²) in [7, 11) is -1.45. The second kappa shape index (κ2) is 4.95. The Morgan fingerprint density at radius 2 is 1.74 bits per heavy atom. The molecule has 0 saturated heterocycles. The van der Waals surface area contributed by atoms with Crippen LogP contribution in [-0.4, -0.2) is 23.8 Å². The third kappa shape index (κ3) is 2.57. The third-order valence-corrected chi connectivity index (χ3v) is 3.07. The molecule has 0 radical (unpaired) electrons. The zero-order valence-electron chi connectivity index (χ0n) is 10.2. The van der Waals surface area contributed by atoms with Gasteiger partial charge in [0.05, 0.1) is 6.61 Å². The van der Waals surface area contributed by atoms with Crippen molar-refractivity contribution in [3.63, 3.8) is 0 Å². The van der Waals surface area contributed by atoms with Crippen molar-refractivity contribution >= 4 is 12.6 Å². The Bertz CT molecular complexity index is 580. The summed E-state index contributed by atoms with van der Waals surface area (Å²) in [4.78, 5) is 0. The number of ether oxygens (including phenoxy) is 2. The molecule has 0 unspecified atom stereocenters. The van der Waals surface area contributed by atoms with Gasteiger partial charge in [0.2, 0.25) is 0 Å². The second-order valence-electron chi connectivity index (χ2n) is 4.41. The Kier molecular flexibility index (Phi) is 3.15. The molecule has 2 aromatic rings. The van der Waals surface area contributed by atoms with E-state index in [1.807, 2.05) is 18.2 Å². The third-order valence-electron chi connectivity index (χ3n) is 3.07. The molecule has 0 spiro atoms. The van der Waals surface area contributed by atoms with Crippen molar-refractivity contribution in [2.24, 2.45) is 0 Å². The standard InChI is InChI=1S/C14H13BO4/c16-15(17)11-1-3-12(4-2-11)19-13-5-6-14-10(9-13)7-8-18-14/h1-6,9,16-17H,7-8H2. The zero-order chi connectivity index (χ0) is 13.2. The van der Waals surface area contributed by atoms with Gasteiger partial charge in [0, 0.05) is 12.0 Å². The van der Waals surface area contributed by atoms with Crippen molar-refractivity contribution in [2.75, 3.05) is 6.61 Å². The molecule has 2 aromatic carbocycles. The summed E-state index contributed by atoms with van der Waals surface area (Å²) in [5.74, 6) is 2.33. The molecule has 3 rings (SSSR count). The molecule has 96 valence electrons. The van der Waals surface area contributed by atoms with Gasteiger partial charge in [-0.05, 0) is 35.8 Å². The smallest absolute Gasteiger partial charge is 0.488 e. The van der Waals surface area contributed by atoms with Crippen LogP contribution in [0.4, 0.5) is 0 Å². The Hall–Kier alpha value is -1.98. The van der Waals surface area contributed by atoms with Crippen molar-refractivity contribution in [1.29, 1.82) is 0 Å². The van der Waals surface area contributed by atoms with E-state index in [2.05, 4.69) is 0 Å². The van der Waals surface area contributed by atoms with E-state index >= 15 is 0 Å². The van der Waals surface area contributed by atoms with E-state index in [4.69, 9.17) is 19.5 Å². The summed E-state index contributed by atoms with van der Waals surface area (Å²) in [6.07, 6.45) is 0.905. The number of hydrogen-bond acceptors (Lipinski definition) is 4. The van der Waals surface area contributed by atoms with Crippen LogP contribution in [0.5, 0.6) is 17.2 Å². The first-order chi connectivity index (χ1) is 9.22. The molecule has 0 atom stereocenters. The summed E-state index contributed by atoms with van der Waals surface area (Å²) in [5.41, 5.74) is 1.59. The van der Waals surface area contributed by atoms with Crippen molar-refractivity contribution in [1.82, 2.24) is 0 Å². The van der Waals surface area contributed by atoms with Crippen LogP contribution in [0.3, 0.4) is 0 Å². The molecule has 0 aliphatic carbocycles. The minimum absolute atomic E-state index is 0.440. The first kappa shape index (κ1) is 12.1. The molecule has 0 aromatic heterocycles. The molecular formula is C14H13BO4. The van der Waals surface area contributed by atoms with E-state index in [1.54, 1.807) is 24.3 Å². The van der Waals surface area contributed by atoms with E-state index in [0.29, 0.717) is 11.2 Å². The van der Waals surface area contributed by atoms with E-state index in [-0.39, 0.29) is 0 Å². The van der Waals surface area contributed by atoms with Gasteiger partial charge in [-0.15, -0.1) is 0 Å². The average Bonchev–Trinajstić information content (AvgIpc) is 2.87. The molecule has 0 bridgehead atoms. The van der Waals surface area contributed by atoms with Gasteiger partial charge in [0.1, 0.15) is 17.2 Å². The van der Waals surface area contributed by atoms with Gasteiger partial charge >= 0.3 is 7.12 Å². The Labute approximate surface area is 111 Å². The highest BCUT2D eigenvalue weighted by molar-refractivity contribution is 6.58. The van der Waals surface area contributed by atoms with Crippen LogP contribution >= 0.6 is 0 Å². The van der Waals surface area contributed by atoms with E-state index < -0.39 is 7.12 Å². The van der Waals surface area contributed by atoms with Crippen molar-refractivity contribution < 1.29 is 19.5 Å². The predicted molar refractivity (Wildman–Crippen MR) is 72.0 cm³/mol. The minimum atomic E-state index is -1.45. The number of fused-ring (bicyclic) bond motifs is 1. The molecule has 0 amide bonds. The summed E-state index contributed by atoms with van der Waals surface area (Å²) in [6.45, 7) is 0.724. The molecule has 5 heteroatoms. The fraction of sp³-hybridized carbons (Fsp3) is 0.143. The average molecular weight is 256 g/mol. The van der Waals surface area contributed by atoms with Gasteiger partial charge in [-0.2, -0.15) is 0 Å². The quantitative estimate of drug-likeness (QED) is 0.807. The lowest BCUT2D eigenvalue weighted by molar-refractivity contribution is 0.356. The Morgan fingerprint density at radius 3 is 2.47 bits per heavy atom. The van der Waals surface area contributed by atoms with Crippen LogP contribution in [0.15, 0.2) is 42.5 Å². The fourth-order valence-corrected chi connectivity index (χ4v) is 2.07. The first-order valence-electron chi connectivity index (χ1n) is 6.12. The van der Waals surface area contributed by atoms with Crippen LogP contribution < -0.4 is 14.9 Å². The van der Waals surface area contributed by atoms with Gasteiger partial charge in [0.25, 0.3) is 0 Å². The molecule has 0 saturated carbocycles. The molecule has 2 N–H and O–H groups in total. The van der Waals surface area contributed by atoms with Gasteiger partial charge in [0.15, 0.2) is 0 Å².